The normalized spacial score (nSPS) is 12.0. The van der Waals surface area contributed by atoms with Crippen LogP contribution >= 0.6 is 27.7 Å². The van der Waals surface area contributed by atoms with Gasteiger partial charge < -0.3 is 15.8 Å². The van der Waals surface area contributed by atoms with E-state index in [1.165, 1.54) is 0 Å². The van der Waals surface area contributed by atoms with Gasteiger partial charge in [-0.25, -0.2) is 0 Å². The summed E-state index contributed by atoms with van der Waals surface area (Å²) in [6, 6.07) is 4.90. The molecule has 0 heterocycles. The number of hydrogen-bond acceptors (Lipinski definition) is 4. The van der Waals surface area contributed by atoms with Crippen molar-refractivity contribution >= 4 is 39.3 Å². The number of halogens is 1. The van der Waals surface area contributed by atoms with Crippen LogP contribution in [0.3, 0.4) is 0 Å². The van der Waals surface area contributed by atoms with Gasteiger partial charge in [-0.2, -0.15) is 11.8 Å². The smallest absolute Gasteiger partial charge is 0.241 e. The van der Waals surface area contributed by atoms with Crippen molar-refractivity contribution in [2.45, 2.75) is 12.5 Å². The van der Waals surface area contributed by atoms with Crippen LogP contribution in [-0.2, 0) is 4.79 Å². The molecular weight excluding hydrogens is 316 g/mol. The topological polar surface area (TPSA) is 64.3 Å². The van der Waals surface area contributed by atoms with E-state index in [0.717, 1.165) is 10.2 Å². The number of nitrogens with two attached hydrogens (primary N) is 1. The molecule has 3 N–H and O–H groups in total. The molecule has 1 aromatic rings. The number of thioether (sulfide) groups is 1. The Morgan fingerprint density at radius 3 is 2.94 bits per heavy atom. The summed E-state index contributed by atoms with van der Waals surface area (Å²) >= 11 is 5.05. The van der Waals surface area contributed by atoms with Gasteiger partial charge in [0.1, 0.15) is 5.75 Å². The van der Waals surface area contributed by atoms with Crippen molar-refractivity contribution < 1.29 is 9.53 Å². The summed E-state index contributed by atoms with van der Waals surface area (Å²) in [6.45, 7) is 0. The van der Waals surface area contributed by atoms with Gasteiger partial charge in [-0.05, 0) is 46.5 Å². The van der Waals surface area contributed by atoms with E-state index in [1.54, 1.807) is 24.9 Å². The Balaban J connectivity index is 2.68. The van der Waals surface area contributed by atoms with Crippen molar-refractivity contribution in [2.75, 3.05) is 24.4 Å². The first kappa shape index (κ1) is 15.3. The van der Waals surface area contributed by atoms with Crippen LogP contribution in [0.25, 0.3) is 0 Å². The Morgan fingerprint density at radius 1 is 1.61 bits per heavy atom. The van der Waals surface area contributed by atoms with E-state index >= 15 is 0 Å². The molecule has 0 aliphatic heterocycles. The predicted molar refractivity (Wildman–Crippen MR) is 80.3 cm³/mol. The largest absolute Gasteiger partial charge is 0.497 e. The van der Waals surface area contributed by atoms with Crippen molar-refractivity contribution in [1.29, 1.82) is 0 Å². The molecule has 0 fully saturated rings. The van der Waals surface area contributed by atoms with Gasteiger partial charge >= 0.3 is 0 Å². The molecule has 18 heavy (non-hydrogen) atoms. The van der Waals surface area contributed by atoms with Crippen molar-refractivity contribution in [3.05, 3.63) is 22.7 Å². The van der Waals surface area contributed by atoms with Gasteiger partial charge in [0.05, 0.1) is 18.8 Å². The third-order valence-corrected chi connectivity index (χ3v) is 3.74. The van der Waals surface area contributed by atoms with Gasteiger partial charge in [-0.15, -0.1) is 0 Å². The molecule has 1 rings (SSSR count). The number of methoxy groups -OCH3 is 1. The zero-order valence-corrected chi connectivity index (χ0v) is 12.8. The molecule has 0 aliphatic carbocycles. The standard InChI is InChI=1S/C12H17BrN2O2S/c1-17-8-3-4-9(13)11(7-8)15-12(16)10(14)5-6-18-2/h3-4,7,10H,5-6,14H2,1-2H3,(H,15,16)/t10-/m1/s1. The highest BCUT2D eigenvalue weighted by Crippen LogP contribution is 2.27. The Labute approximate surface area is 120 Å². The number of ether oxygens (including phenoxy) is 1. The molecule has 0 saturated heterocycles. The summed E-state index contributed by atoms with van der Waals surface area (Å²) in [5.41, 5.74) is 6.47. The summed E-state index contributed by atoms with van der Waals surface area (Å²) in [6.07, 6.45) is 2.65. The molecule has 1 atom stereocenters. The number of anilines is 1. The van der Waals surface area contributed by atoms with E-state index in [1.807, 2.05) is 18.4 Å². The molecule has 0 aromatic heterocycles. The monoisotopic (exact) mass is 332 g/mol. The summed E-state index contributed by atoms with van der Waals surface area (Å²) < 4.78 is 5.91. The van der Waals surface area contributed by atoms with Crippen molar-refractivity contribution in [3.63, 3.8) is 0 Å². The SMILES string of the molecule is COc1ccc(Br)c(NC(=O)[C@H](N)CCSC)c1. The lowest BCUT2D eigenvalue weighted by atomic mass is 10.2. The zero-order valence-electron chi connectivity index (χ0n) is 10.4. The van der Waals surface area contributed by atoms with Crippen molar-refractivity contribution in [3.8, 4) is 5.75 Å². The molecular formula is C12H17BrN2O2S. The minimum absolute atomic E-state index is 0.182. The van der Waals surface area contributed by atoms with E-state index < -0.39 is 6.04 Å². The fraction of sp³-hybridized carbons (Fsp3) is 0.417. The number of rotatable bonds is 6. The minimum Gasteiger partial charge on any atom is -0.497 e. The molecule has 1 amide bonds. The van der Waals surface area contributed by atoms with Gasteiger partial charge in [0.2, 0.25) is 5.91 Å². The number of amides is 1. The molecule has 0 aliphatic rings. The van der Waals surface area contributed by atoms with Crippen LogP contribution in [0.2, 0.25) is 0 Å². The second-order valence-corrected chi connectivity index (χ2v) is 5.56. The van der Waals surface area contributed by atoms with Crippen LogP contribution in [0.1, 0.15) is 6.42 Å². The van der Waals surface area contributed by atoms with Crippen LogP contribution in [0.5, 0.6) is 5.75 Å². The van der Waals surface area contributed by atoms with Gasteiger partial charge in [-0.1, -0.05) is 0 Å². The molecule has 0 saturated carbocycles. The lowest BCUT2D eigenvalue weighted by molar-refractivity contribution is -0.117. The maximum Gasteiger partial charge on any atom is 0.241 e. The third-order valence-electron chi connectivity index (χ3n) is 2.40. The first-order valence-corrected chi connectivity index (χ1v) is 7.66. The average Bonchev–Trinajstić information content (AvgIpc) is 2.38. The first-order chi connectivity index (χ1) is 8.58. The summed E-state index contributed by atoms with van der Waals surface area (Å²) in [5, 5.41) is 2.79. The number of nitrogens with one attached hydrogen (secondary N) is 1. The Kier molecular flexibility index (Phi) is 6.52. The fourth-order valence-electron chi connectivity index (χ4n) is 1.33. The number of hydrogen-bond donors (Lipinski definition) is 2. The minimum atomic E-state index is -0.490. The lowest BCUT2D eigenvalue weighted by Crippen LogP contribution is -2.36. The van der Waals surface area contributed by atoms with E-state index in [4.69, 9.17) is 10.5 Å². The number of carbonyl (C=O) groups excluding carboxylic acids is 1. The third kappa shape index (κ3) is 4.51. The quantitative estimate of drug-likeness (QED) is 0.839. The molecule has 100 valence electrons. The van der Waals surface area contributed by atoms with Crippen LogP contribution < -0.4 is 15.8 Å². The van der Waals surface area contributed by atoms with Gasteiger partial charge in [-0.3, -0.25) is 4.79 Å². The fourth-order valence-corrected chi connectivity index (χ4v) is 2.16. The zero-order chi connectivity index (χ0) is 13.5. The van der Waals surface area contributed by atoms with E-state index in [9.17, 15) is 4.79 Å². The average molecular weight is 333 g/mol. The maximum atomic E-state index is 11.9. The Morgan fingerprint density at radius 2 is 2.33 bits per heavy atom. The highest BCUT2D eigenvalue weighted by molar-refractivity contribution is 9.10. The van der Waals surface area contributed by atoms with Crippen molar-refractivity contribution in [2.24, 2.45) is 5.73 Å². The maximum absolute atomic E-state index is 11.9. The molecule has 1 aromatic carbocycles. The predicted octanol–water partition coefficient (Wildman–Crippen LogP) is 2.48. The van der Waals surface area contributed by atoms with Crippen molar-refractivity contribution in [1.82, 2.24) is 0 Å². The molecule has 0 bridgehead atoms. The second-order valence-electron chi connectivity index (χ2n) is 3.72. The second kappa shape index (κ2) is 7.66. The van der Waals surface area contributed by atoms with E-state index in [2.05, 4.69) is 21.2 Å². The van der Waals surface area contributed by atoms with Crippen LogP contribution in [-0.4, -0.2) is 31.1 Å². The van der Waals surface area contributed by atoms with Gasteiger partial charge in [0, 0.05) is 10.5 Å². The summed E-state index contributed by atoms with van der Waals surface area (Å²) in [4.78, 5) is 11.9. The molecule has 0 radical (unpaired) electrons. The van der Waals surface area contributed by atoms with Crippen LogP contribution in [0, 0.1) is 0 Å². The van der Waals surface area contributed by atoms with Crippen LogP contribution in [0.4, 0.5) is 5.69 Å². The summed E-state index contributed by atoms with van der Waals surface area (Å²) in [7, 11) is 1.58. The Bertz CT molecular complexity index is 415. The molecule has 0 spiro atoms. The van der Waals surface area contributed by atoms with Gasteiger partial charge in [0.25, 0.3) is 0 Å². The molecule has 4 nitrogen and oxygen atoms in total. The van der Waals surface area contributed by atoms with E-state index in [-0.39, 0.29) is 5.91 Å². The molecule has 0 unspecified atom stereocenters. The first-order valence-electron chi connectivity index (χ1n) is 5.47. The number of benzene rings is 1. The molecule has 6 heteroatoms. The number of carbonyl (C=O) groups is 1. The van der Waals surface area contributed by atoms with E-state index in [0.29, 0.717) is 17.9 Å². The Hall–Kier alpha value is -0.720. The van der Waals surface area contributed by atoms with Gasteiger partial charge in [0.15, 0.2) is 0 Å². The highest BCUT2D eigenvalue weighted by Gasteiger charge is 2.14. The summed E-state index contributed by atoms with van der Waals surface area (Å²) in [5.74, 6) is 1.37. The van der Waals surface area contributed by atoms with Crippen LogP contribution in [0.15, 0.2) is 22.7 Å². The highest BCUT2D eigenvalue weighted by atomic mass is 79.9. The lowest BCUT2D eigenvalue weighted by Gasteiger charge is -2.13.